The van der Waals surface area contributed by atoms with Crippen LogP contribution in [0.2, 0.25) is 0 Å². The van der Waals surface area contributed by atoms with Crippen molar-refractivity contribution in [3.63, 3.8) is 0 Å². The highest BCUT2D eigenvalue weighted by atomic mass is 15.1. The zero-order valence-electron chi connectivity index (χ0n) is 16.4. The van der Waals surface area contributed by atoms with Crippen molar-refractivity contribution in [3.05, 3.63) is 59.8 Å². The minimum atomic E-state index is 0.890. The molecule has 2 aliphatic rings. The zero-order chi connectivity index (χ0) is 18.4. The van der Waals surface area contributed by atoms with E-state index in [9.17, 15) is 0 Å². The molecule has 0 amide bonds. The highest BCUT2D eigenvalue weighted by Gasteiger charge is 2.30. The molecule has 3 aromatic rings. The smallest absolute Gasteiger partial charge is 0.0787 e. The van der Waals surface area contributed by atoms with Gasteiger partial charge >= 0.3 is 0 Å². The highest BCUT2D eigenvalue weighted by molar-refractivity contribution is 6.02. The number of aryl methyl sites for hydroxylation is 2. The van der Waals surface area contributed by atoms with Crippen molar-refractivity contribution in [1.82, 2.24) is 4.98 Å². The predicted octanol–water partition coefficient (Wildman–Crippen LogP) is 6.15. The Bertz CT molecular complexity index is 949. The van der Waals surface area contributed by atoms with Crippen molar-refractivity contribution in [3.8, 4) is 11.3 Å². The quantitative estimate of drug-likeness (QED) is 0.527. The third-order valence-electron chi connectivity index (χ3n) is 6.18. The first-order valence-corrected chi connectivity index (χ1v) is 10.4. The van der Waals surface area contributed by atoms with Gasteiger partial charge in [-0.2, -0.15) is 0 Å². The summed E-state index contributed by atoms with van der Waals surface area (Å²) in [7, 11) is 0. The van der Waals surface area contributed by atoms with Crippen molar-refractivity contribution < 1.29 is 0 Å². The van der Waals surface area contributed by atoms with Gasteiger partial charge in [0.25, 0.3) is 0 Å². The lowest BCUT2D eigenvalue weighted by Gasteiger charge is -2.27. The maximum Gasteiger partial charge on any atom is 0.0787 e. The molecule has 2 aromatic carbocycles. The number of hydrogen-bond donors (Lipinski definition) is 0. The van der Waals surface area contributed by atoms with Crippen LogP contribution in [0, 0.1) is 25.7 Å². The fraction of sp³-hybridized carbons (Fsp3) is 0.400. The van der Waals surface area contributed by atoms with E-state index >= 15 is 0 Å². The van der Waals surface area contributed by atoms with E-state index in [-0.39, 0.29) is 0 Å². The summed E-state index contributed by atoms with van der Waals surface area (Å²) < 4.78 is 0. The van der Waals surface area contributed by atoms with E-state index in [1.807, 2.05) is 0 Å². The van der Waals surface area contributed by atoms with Crippen LogP contribution in [0.3, 0.4) is 0 Å². The summed E-state index contributed by atoms with van der Waals surface area (Å²) in [5.41, 5.74) is 6.35. The summed E-state index contributed by atoms with van der Waals surface area (Å²) in [5.74, 6) is 1.78. The van der Waals surface area contributed by atoms with Crippen LogP contribution in [-0.2, 0) is 0 Å². The number of anilines is 1. The summed E-state index contributed by atoms with van der Waals surface area (Å²) in [6.45, 7) is 6.79. The maximum atomic E-state index is 5.03. The minimum Gasteiger partial charge on any atom is -0.369 e. The lowest BCUT2D eigenvalue weighted by Crippen LogP contribution is -2.28. The molecule has 2 saturated carbocycles. The van der Waals surface area contributed by atoms with Crippen LogP contribution < -0.4 is 4.90 Å². The molecule has 2 heteroatoms. The van der Waals surface area contributed by atoms with Crippen LogP contribution >= 0.6 is 0 Å². The van der Waals surface area contributed by atoms with E-state index in [4.69, 9.17) is 4.98 Å². The predicted molar refractivity (Wildman–Crippen MR) is 114 cm³/mol. The van der Waals surface area contributed by atoms with Crippen LogP contribution in [0.15, 0.2) is 48.7 Å². The molecule has 2 nitrogen and oxygen atoms in total. The van der Waals surface area contributed by atoms with Gasteiger partial charge in [-0.1, -0.05) is 42.5 Å². The van der Waals surface area contributed by atoms with Crippen molar-refractivity contribution in [2.45, 2.75) is 39.5 Å². The van der Waals surface area contributed by atoms with Gasteiger partial charge in [0.05, 0.1) is 17.6 Å². The van der Waals surface area contributed by atoms with E-state index in [0.717, 1.165) is 17.5 Å². The fourth-order valence-electron chi connectivity index (χ4n) is 4.31. The molecule has 1 heterocycles. The van der Waals surface area contributed by atoms with Crippen LogP contribution in [0.4, 0.5) is 5.69 Å². The zero-order valence-corrected chi connectivity index (χ0v) is 16.4. The van der Waals surface area contributed by atoms with Gasteiger partial charge in [0.1, 0.15) is 0 Å². The van der Waals surface area contributed by atoms with E-state index in [1.165, 1.54) is 71.9 Å². The minimum absolute atomic E-state index is 0.890. The van der Waals surface area contributed by atoms with Gasteiger partial charge in [-0.15, -0.1) is 0 Å². The summed E-state index contributed by atoms with van der Waals surface area (Å²) in [6.07, 6.45) is 7.73. The normalized spacial score (nSPS) is 16.7. The summed E-state index contributed by atoms with van der Waals surface area (Å²) in [4.78, 5) is 7.67. The number of nitrogens with zero attached hydrogens (tertiary/aromatic N) is 2. The molecule has 2 aliphatic carbocycles. The number of aromatic nitrogens is 1. The van der Waals surface area contributed by atoms with Crippen LogP contribution in [0.5, 0.6) is 0 Å². The number of fused-ring (bicyclic) bond motifs is 1. The molecule has 0 radical (unpaired) electrons. The average Bonchev–Trinajstić information content (AvgIpc) is 3.58. The maximum absolute atomic E-state index is 5.03. The van der Waals surface area contributed by atoms with Crippen LogP contribution in [-0.4, -0.2) is 18.1 Å². The Kier molecular flexibility index (Phi) is 4.15. The molecule has 1 aromatic heterocycles. The fourth-order valence-corrected chi connectivity index (χ4v) is 4.31. The Morgan fingerprint density at radius 3 is 2.00 bits per heavy atom. The molecule has 138 valence electrons. The second-order valence-corrected chi connectivity index (χ2v) is 8.60. The summed E-state index contributed by atoms with van der Waals surface area (Å²) >= 11 is 0. The van der Waals surface area contributed by atoms with Gasteiger partial charge in [-0.05, 0) is 62.5 Å². The molecule has 0 aliphatic heterocycles. The molecule has 0 N–H and O–H groups in total. The van der Waals surface area contributed by atoms with Gasteiger partial charge < -0.3 is 4.90 Å². The molecular weight excluding hydrogens is 328 g/mol. The second-order valence-electron chi connectivity index (χ2n) is 8.60. The van der Waals surface area contributed by atoms with Crippen LogP contribution in [0.1, 0.15) is 36.8 Å². The molecule has 0 bridgehead atoms. The number of benzene rings is 2. The van der Waals surface area contributed by atoms with Crippen molar-refractivity contribution in [2.75, 3.05) is 18.0 Å². The Morgan fingerprint density at radius 2 is 1.41 bits per heavy atom. The van der Waals surface area contributed by atoms with E-state index in [0.29, 0.717) is 0 Å². The second kappa shape index (κ2) is 6.67. The third-order valence-corrected chi connectivity index (χ3v) is 6.18. The molecule has 2 fully saturated rings. The Hall–Kier alpha value is -2.35. The van der Waals surface area contributed by atoms with Crippen LogP contribution in [0.25, 0.3) is 22.0 Å². The molecule has 0 unspecified atom stereocenters. The Balaban J connectivity index is 1.65. The highest BCUT2D eigenvalue weighted by Crippen LogP contribution is 2.40. The van der Waals surface area contributed by atoms with Crippen molar-refractivity contribution in [2.24, 2.45) is 11.8 Å². The Morgan fingerprint density at radius 1 is 0.815 bits per heavy atom. The van der Waals surface area contributed by atoms with Gasteiger partial charge in [-0.3, -0.25) is 4.98 Å². The lowest BCUT2D eigenvalue weighted by molar-refractivity contribution is 0.680. The molecular formula is C25H28N2. The lowest BCUT2D eigenvalue weighted by atomic mass is 9.95. The van der Waals surface area contributed by atoms with E-state index in [2.05, 4.69) is 67.4 Å². The van der Waals surface area contributed by atoms with E-state index < -0.39 is 0 Å². The monoisotopic (exact) mass is 356 g/mol. The molecule has 0 saturated heterocycles. The third kappa shape index (κ3) is 3.34. The summed E-state index contributed by atoms with van der Waals surface area (Å²) in [5, 5.41) is 2.63. The first-order chi connectivity index (χ1) is 13.2. The van der Waals surface area contributed by atoms with Crippen molar-refractivity contribution in [1.29, 1.82) is 0 Å². The van der Waals surface area contributed by atoms with Gasteiger partial charge in [0.15, 0.2) is 0 Å². The first-order valence-electron chi connectivity index (χ1n) is 10.4. The molecule has 5 rings (SSSR count). The van der Waals surface area contributed by atoms with Gasteiger partial charge in [-0.25, -0.2) is 0 Å². The van der Waals surface area contributed by atoms with Crippen molar-refractivity contribution >= 4 is 16.5 Å². The number of pyridine rings is 1. The largest absolute Gasteiger partial charge is 0.369 e. The van der Waals surface area contributed by atoms with Gasteiger partial charge in [0, 0.05) is 29.4 Å². The van der Waals surface area contributed by atoms with Gasteiger partial charge in [0.2, 0.25) is 0 Å². The van der Waals surface area contributed by atoms with E-state index in [1.54, 1.807) is 0 Å². The topological polar surface area (TPSA) is 16.1 Å². The molecule has 0 atom stereocenters. The first kappa shape index (κ1) is 16.8. The molecule has 0 spiro atoms. The SMILES string of the molecule is Cc1cccc(C)c1-c1ncc(N(CC2CC2)CC2CC2)c2ccccc12. The number of hydrogen-bond acceptors (Lipinski definition) is 2. The standard InChI is InChI=1S/C25H28N2/c1-17-6-5-7-18(2)24(17)25-22-9-4-3-8-21(22)23(14-26-25)27(15-19-10-11-19)16-20-12-13-20/h3-9,14,19-20H,10-13,15-16H2,1-2H3. The Labute approximate surface area is 162 Å². The summed E-state index contributed by atoms with van der Waals surface area (Å²) in [6, 6.07) is 15.4. The number of rotatable bonds is 6. The molecule has 27 heavy (non-hydrogen) atoms. The average molecular weight is 357 g/mol.